The summed E-state index contributed by atoms with van der Waals surface area (Å²) in [5.74, 6) is -0.0739. The molecule has 0 aliphatic carbocycles. The highest BCUT2D eigenvalue weighted by atomic mass is 32.2. The highest BCUT2D eigenvalue weighted by Crippen LogP contribution is 2.24. The van der Waals surface area contributed by atoms with Gasteiger partial charge in [-0.3, -0.25) is 9.52 Å². The standard InChI is InChI=1S/C23H26N4O3S/c1-17-3-6-20(15-18(17)2)25-31(29,30)22-7-4-19(5-8-22)23(28)26-12-9-21(10-13-26)27-14-11-24-16-27/h3-8,11,14-16,21,25H,9-10,12-13H2,1-2H3. The fourth-order valence-corrected chi connectivity index (χ4v) is 4.88. The van der Waals surface area contributed by atoms with Gasteiger partial charge in [0.05, 0.1) is 11.2 Å². The van der Waals surface area contributed by atoms with Crippen LogP contribution in [0.3, 0.4) is 0 Å². The second-order valence-corrected chi connectivity index (χ2v) is 9.64. The number of hydrogen-bond donors (Lipinski definition) is 1. The molecule has 0 unspecified atom stereocenters. The molecule has 2 aromatic carbocycles. The Balaban J connectivity index is 1.41. The van der Waals surface area contributed by atoms with Crippen molar-refractivity contribution in [3.8, 4) is 0 Å². The van der Waals surface area contributed by atoms with E-state index >= 15 is 0 Å². The third-order valence-electron chi connectivity index (χ3n) is 5.87. The minimum atomic E-state index is -3.73. The van der Waals surface area contributed by atoms with Crippen LogP contribution in [0.5, 0.6) is 0 Å². The van der Waals surface area contributed by atoms with Gasteiger partial charge in [-0.2, -0.15) is 0 Å². The number of sulfonamides is 1. The molecular formula is C23H26N4O3S. The summed E-state index contributed by atoms with van der Waals surface area (Å²) in [5.41, 5.74) is 3.12. The fraction of sp³-hybridized carbons (Fsp3) is 0.304. The van der Waals surface area contributed by atoms with Crippen LogP contribution >= 0.6 is 0 Å². The normalized spacial score (nSPS) is 15.1. The largest absolute Gasteiger partial charge is 0.338 e. The number of carbonyl (C=O) groups is 1. The smallest absolute Gasteiger partial charge is 0.261 e. The molecule has 0 bridgehead atoms. The molecule has 0 saturated carbocycles. The number of aromatic nitrogens is 2. The first-order valence-corrected chi connectivity index (χ1v) is 11.8. The van der Waals surface area contributed by atoms with E-state index in [1.54, 1.807) is 30.5 Å². The van der Waals surface area contributed by atoms with Gasteiger partial charge in [0.15, 0.2) is 0 Å². The van der Waals surface area contributed by atoms with Gasteiger partial charge >= 0.3 is 0 Å². The molecule has 1 fully saturated rings. The number of nitrogens with one attached hydrogen (secondary N) is 1. The number of imidazole rings is 1. The molecule has 1 aliphatic heterocycles. The lowest BCUT2D eigenvalue weighted by atomic mass is 10.0. The Hall–Kier alpha value is -3.13. The summed E-state index contributed by atoms with van der Waals surface area (Å²) in [5, 5.41) is 0. The minimum Gasteiger partial charge on any atom is -0.338 e. The van der Waals surface area contributed by atoms with Gasteiger partial charge in [0.1, 0.15) is 0 Å². The Morgan fingerprint density at radius 3 is 2.35 bits per heavy atom. The lowest BCUT2D eigenvalue weighted by Crippen LogP contribution is -2.38. The molecular weight excluding hydrogens is 412 g/mol. The molecule has 31 heavy (non-hydrogen) atoms. The third kappa shape index (κ3) is 4.64. The van der Waals surface area contributed by atoms with Crippen LogP contribution in [0.25, 0.3) is 0 Å². The fourth-order valence-electron chi connectivity index (χ4n) is 3.83. The van der Waals surface area contributed by atoms with Crippen molar-refractivity contribution >= 4 is 21.6 Å². The van der Waals surface area contributed by atoms with Crippen molar-refractivity contribution in [2.45, 2.75) is 37.6 Å². The topological polar surface area (TPSA) is 84.3 Å². The lowest BCUT2D eigenvalue weighted by Gasteiger charge is -2.32. The van der Waals surface area contributed by atoms with E-state index < -0.39 is 10.0 Å². The molecule has 0 radical (unpaired) electrons. The maximum absolute atomic E-state index is 12.9. The Bertz CT molecular complexity index is 1160. The Labute approximate surface area is 182 Å². The van der Waals surface area contributed by atoms with Crippen LogP contribution in [0.2, 0.25) is 0 Å². The van der Waals surface area contributed by atoms with E-state index in [1.807, 2.05) is 37.3 Å². The predicted octanol–water partition coefficient (Wildman–Crippen LogP) is 3.78. The van der Waals surface area contributed by atoms with Crippen molar-refractivity contribution in [2.24, 2.45) is 0 Å². The van der Waals surface area contributed by atoms with Crippen molar-refractivity contribution in [3.63, 3.8) is 0 Å². The second kappa shape index (κ2) is 8.55. The number of piperidine rings is 1. The van der Waals surface area contributed by atoms with Gasteiger partial charge in [0.25, 0.3) is 15.9 Å². The van der Waals surface area contributed by atoms with Crippen LogP contribution in [-0.2, 0) is 10.0 Å². The Morgan fingerprint density at radius 1 is 1.03 bits per heavy atom. The van der Waals surface area contributed by atoms with Crippen LogP contribution in [-0.4, -0.2) is 41.9 Å². The van der Waals surface area contributed by atoms with E-state index in [0.717, 1.165) is 24.0 Å². The molecule has 1 aromatic heterocycles. The highest BCUT2D eigenvalue weighted by molar-refractivity contribution is 7.92. The van der Waals surface area contributed by atoms with Gasteiger partial charge in [0.2, 0.25) is 0 Å². The molecule has 0 atom stereocenters. The lowest BCUT2D eigenvalue weighted by molar-refractivity contribution is 0.0694. The molecule has 4 rings (SSSR count). The maximum Gasteiger partial charge on any atom is 0.261 e. The Morgan fingerprint density at radius 2 is 1.74 bits per heavy atom. The molecule has 0 spiro atoms. The van der Waals surface area contributed by atoms with Crippen molar-refractivity contribution < 1.29 is 13.2 Å². The SMILES string of the molecule is Cc1ccc(NS(=O)(=O)c2ccc(C(=O)N3CCC(n4ccnc4)CC3)cc2)cc1C. The van der Waals surface area contributed by atoms with Gasteiger partial charge in [-0.1, -0.05) is 6.07 Å². The summed E-state index contributed by atoms with van der Waals surface area (Å²) in [6.45, 7) is 5.24. The van der Waals surface area contributed by atoms with E-state index in [1.165, 1.54) is 12.1 Å². The first-order valence-electron chi connectivity index (χ1n) is 10.3. The first-order chi connectivity index (χ1) is 14.8. The van der Waals surface area contributed by atoms with Gasteiger partial charge in [-0.15, -0.1) is 0 Å². The van der Waals surface area contributed by atoms with Gasteiger partial charge in [-0.25, -0.2) is 13.4 Å². The summed E-state index contributed by atoms with van der Waals surface area (Å²) < 4.78 is 30.1. The molecule has 162 valence electrons. The second-order valence-electron chi connectivity index (χ2n) is 7.96. The number of amides is 1. The number of anilines is 1. The van der Waals surface area contributed by atoms with Crippen molar-refractivity contribution in [2.75, 3.05) is 17.8 Å². The highest BCUT2D eigenvalue weighted by Gasteiger charge is 2.25. The molecule has 1 saturated heterocycles. The van der Waals surface area contributed by atoms with Gasteiger partial charge in [-0.05, 0) is 74.2 Å². The molecule has 8 heteroatoms. The number of likely N-dealkylation sites (tertiary alicyclic amines) is 1. The van der Waals surface area contributed by atoms with Crippen LogP contribution in [0, 0.1) is 13.8 Å². The number of rotatable bonds is 5. The van der Waals surface area contributed by atoms with E-state index in [0.29, 0.717) is 30.4 Å². The number of hydrogen-bond acceptors (Lipinski definition) is 4. The summed E-state index contributed by atoms with van der Waals surface area (Å²) >= 11 is 0. The van der Waals surface area contributed by atoms with Gasteiger partial charge < -0.3 is 9.47 Å². The summed E-state index contributed by atoms with van der Waals surface area (Å²) in [7, 11) is -3.73. The molecule has 1 amide bonds. The molecule has 2 heterocycles. The van der Waals surface area contributed by atoms with Crippen molar-refractivity contribution in [1.82, 2.24) is 14.5 Å². The molecule has 1 aliphatic rings. The molecule has 7 nitrogen and oxygen atoms in total. The van der Waals surface area contributed by atoms with Crippen LogP contribution in [0.4, 0.5) is 5.69 Å². The van der Waals surface area contributed by atoms with E-state index in [9.17, 15) is 13.2 Å². The van der Waals surface area contributed by atoms with Crippen molar-refractivity contribution in [1.29, 1.82) is 0 Å². The molecule has 3 aromatic rings. The summed E-state index contributed by atoms with van der Waals surface area (Å²) in [6.07, 6.45) is 7.27. The number of carbonyl (C=O) groups excluding carboxylic acids is 1. The number of aryl methyl sites for hydroxylation is 2. The number of benzene rings is 2. The Kier molecular flexibility index (Phi) is 5.82. The quantitative estimate of drug-likeness (QED) is 0.657. The first kappa shape index (κ1) is 21.1. The maximum atomic E-state index is 12.9. The summed E-state index contributed by atoms with van der Waals surface area (Å²) in [4.78, 5) is 18.9. The monoisotopic (exact) mass is 438 g/mol. The van der Waals surface area contributed by atoms with E-state index in [-0.39, 0.29) is 10.8 Å². The molecule has 1 N–H and O–H groups in total. The van der Waals surface area contributed by atoms with E-state index in [4.69, 9.17) is 0 Å². The zero-order chi connectivity index (χ0) is 22.0. The van der Waals surface area contributed by atoms with Gasteiger partial charge in [0, 0.05) is 42.8 Å². The minimum absolute atomic E-state index is 0.0739. The third-order valence-corrected chi connectivity index (χ3v) is 7.27. The number of nitrogens with zero attached hydrogens (tertiary/aromatic N) is 3. The average Bonchev–Trinajstić information content (AvgIpc) is 3.31. The predicted molar refractivity (Wildman–Crippen MR) is 120 cm³/mol. The average molecular weight is 439 g/mol. The van der Waals surface area contributed by atoms with Crippen LogP contribution in [0.15, 0.2) is 66.1 Å². The zero-order valence-electron chi connectivity index (χ0n) is 17.7. The van der Waals surface area contributed by atoms with Crippen LogP contribution < -0.4 is 4.72 Å². The van der Waals surface area contributed by atoms with Crippen molar-refractivity contribution in [3.05, 3.63) is 77.9 Å². The van der Waals surface area contributed by atoms with Crippen LogP contribution in [0.1, 0.15) is 40.4 Å². The summed E-state index contributed by atoms with van der Waals surface area (Å²) in [6, 6.07) is 11.9. The van der Waals surface area contributed by atoms with E-state index in [2.05, 4.69) is 14.3 Å². The zero-order valence-corrected chi connectivity index (χ0v) is 18.5.